The first-order valence-corrected chi connectivity index (χ1v) is 7.98. The summed E-state index contributed by atoms with van der Waals surface area (Å²) in [5, 5.41) is 10.1. The van der Waals surface area contributed by atoms with Crippen LogP contribution < -0.4 is 0 Å². The van der Waals surface area contributed by atoms with Crippen LogP contribution in [0, 0.1) is 3.57 Å². The lowest BCUT2D eigenvalue weighted by molar-refractivity contribution is 0.338. The smallest absolute Gasteiger partial charge is 0.129 e. The summed E-state index contributed by atoms with van der Waals surface area (Å²) >= 11 is 2.21. The number of phenols is 1. The predicted molar refractivity (Wildman–Crippen MR) is 90.3 cm³/mol. The fourth-order valence-electron chi connectivity index (χ4n) is 2.94. The fourth-order valence-corrected chi connectivity index (χ4v) is 3.47. The molecule has 2 nitrogen and oxygen atoms in total. The molecule has 1 N–H and O–H groups in total. The molecule has 2 aromatic rings. The molecular formula is C17H18INO. The van der Waals surface area contributed by atoms with Crippen molar-refractivity contribution in [3.05, 3.63) is 62.7 Å². The zero-order valence-electron chi connectivity index (χ0n) is 11.5. The molecule has 0 radical (unpaired) electrons. The van der Waals surface area contributed by atoms with E-state index in [2.05, 4.69) is 70.9 Å². The van der Waals surface area contributed by atoms with Crippen LogP contribution in [0.25, 0.3) is 0 Å². The number of hydrogen-bond acceptors (Lipinski definition) is 2. The normalized spacial score (nSPS) is 19.4. The molecule has 20 heavy (non-hydrogen) atoms. The number of phenolic OH excluding ortho intramolecular Hbond substituents is 1. The molecule has 0 aliphatic carbocycles. The molecule has 1 aliphatic heterocycles. The van der Waals surface area contributed by atoms with Crippen LogP contribution in [0.1, 0.15) is 22.6 Å². The number of fused-ring (bicyclic) bond motifs is 1. The average molecular weight is 379 g/mol. The molecule has 104 valence electrons. The Bertz CT molecular complexity index is 612. The maximum atomic E-state index is 10.1. The number of nitrogens with zero attached hydrogens (tertiary/aromatic N) is 1. The van der Waals surface area contributed by atoms with Gasteiger partial charge in [-0.1, -0.05) is 30.3 Å². The molecule has 0 saturated heterocycles. The van der Waals surface area contributed by atoms with Gasteiger partial charge in [-0.2, -0.15) is 0 Å². The summed E-state index contributed by atoms with van der Waals surface area (Å²) in [6.45, 7) is 2.06. The van der Waals surface area contributed by atoms with Crippen molar-refractivity contribution in [1.29, 1.82) is 0 Å². The standard InChI is InChI=1S/C17H18INO/c1-19-8-7-13-9-16(18)17(20)10-14(13)15(11-19)12-5-3-2-4-6-12/h2-6,9-10,15,20H,7-8,11H2,1H3. The van der Waals surface area contributed by atoms with Crippen LogP contribution in [0.15, 0.2) is 42.5 Å². The largest absolute Gasteiger partial charge is 0.507 e. The minimum Gasteiger partial charge on any atom is -0.507 e. The predicted octanol–water partition coefficient (Wildman–Crippen LogP) is 3.62. The Morgan fingerprint density at radius 1 is 1.20 bits per heavy atom. The van der Waals surface area contributed by atoms with Gasteiger partial charge >= 0.3 is 0 Å². The van der Waals surface area contributed by atoms with Crippen molar-refractivity contribution in [2.75, 3.05) is 20.1 Å². The first kappa shape index (κ1) is 13.9. The summed E-state index contributed by atoms with van der Waals surface area (Å²) in [7, 11) is 2.17. The summed E-state index contributed by atoms with van der Waals surface area (Å²) in [6.07, 6.45) is 1.05. The van der Waals surface area contributed by atoms with E-state index in [1.807, 2.05) is 6.07 Å². The third-order valence-electron chi connectivity index (χ3n) is 4.04. The summed E-state index contributed by atoms with van der Waals surface area (Å²) < 4.78 is 0.942. The van der Waals surface area contributed by atoms with Gasteiger partial charge in [0.2, 0.25) is 0 Å². The van der Waals surface area contributed by atoms with E-state index in [4.69, 9.17) is 0 Å². The van der Waals surface area contributed by atoms with Crippen LogP contribution in [0.3, 0.4) is 0 Å². The van der Waals surface area contributed by atoms with Gasteiger partial charge < -0.3 is 10.0 Å². The highest BCUT2D eigenvalue weighted by molar-refractivity contribution is 14.1. The lowest BCUT2D eigenvalue weighted by Crippen LogP contribution is -2.24. The molecule has 0 fully saturated rings. The number of aromatic hydroxyl groups is 1. The van der Waals surface area contributed by atoms with E-state index < -0.39 is 0 Å². The van der Waals surface area contributed by atoms with Gasteiger partial charge in [-0.3, -0.25) is 0 Å². The monoisotopic (exact) mass is 379 g/mol. The SMILES string of the molecule is CN1CCc2cc(I)c(O)cc2C(c2ccccc2)C1. The Morgan fingerprint density at radius 3 is 2.70 bits per heavy atom. The van der Waals surface area contributed by atoms with E-state index in [1.54, 1.807) is 0 Å². The number of halogens is 1. The third-order valence-corrected chi connectivity index (χ3v) is 4.91. The highest BCUT2D eigenvalue weighted by Crippen LogP contribution is 2.35. The molecule has 3 rings (SSSR count). The average Bonchev–Trinajstić information content (AvgIpc) is 2.61. The molecule has 0 spiro atoms. The minimum atomic E-state index is 0.335. The summed E-state index contributed by atoms with van der Waals surface area (Å²) in [4.78, 5) is 2.38. The van der Waals surface area contributed by atoms with Crippen molar-refractivity contribution >= 4 is 22.6 Å². The number of hydrogen-bond donors (Lipinski definition) is 1. The Hall–Kier alpha value is -1.07. The van der Waals surface area contributed by atoms with Crippen molar-refractivity contribution in [2.24, 2.45) is 0 Å². The lowest BCUT2D eigenvalue weighted by atomic mass is 9.88. The van der Waals surface area contributed by atoms with Crippen molar-refractivity contribution < 1.29 is 5.11 Å². The molecule has 1 aliphatic rings. The zero-order valence-corrected chi connectivity index (χ0v) is 13.7. The maximum Gasteiger partial charge on any atom is 0.129 e. The third kappa shape index (κ3) is 2.69. The molecule has 0 saturated carbocycles. The van der Waals surface area contributed by atoms with Crippen molar-refractivity contribution in [3.63, 3.8) is 0 Å². The van der Waals surface area contributed by atoms with E-state index >= 15 is 0 Å². The molecule has 1 atom stereocenters. The number of likely N-dealkylation sites (N-methyl/N-ethyl adjacent to an activating group) is 1. The molecule has 0 bridgehead atoms. The zero-order chi connectivity index (χ0) is 14.1. The van der Waals surface area contributed by atoms with Crippen LogP contribution in [-0.2, 0) is 6.42 Å². The minimum absolute atomic E-state index is 0.335. The highest BCUT2D eigenvalue weighted by atomic mass is 127. The quantitative estimate of drug-likeness (QED) is 0.766. The van der Waals surface area contributed by atoms with Gasteiger partial charge in [-0.25, -0.2) is 0 Å². The van der Waals surface area contributed by atoms with Gasteiger partial charge in [0.05, 0.1) is 3.57 Å². The first-order chi connectivity index (χ1) is 9.65. The van der Waals surface area contributed by atoms with E-state index in [9.17, 15) is 5.11 Å². The Kier molecular flexibility index (Phi) is 3.98. The van der Waals surface area contributed by atoms with Crippen LogP contribution >= 0.6 is 22.6 Å². The van der Waals surface area contributed by atoms with Crippen molar-refractivity contribution in [1.82, 2.24) is 4.90 Å². The second-order valence-corrected chi connectivity index (χ2v) is 6.64. The topological polar surface area (TPSA) is 23.5 Å². The van der Waals surface area contributed by atoms with Gasteiger partial charge in [0.1, 0.15) is 5.75 Å². The van der Waals surface area contributed by atoms with Gasteiger partial charge in [-0.05, 0) is 64.9 Å². The molecule has 0 amide bonds. The van der Waals surface area contributed by atoms with Crippen LogP contribution in [0.4, 0.5) is 0 Å². The highest BCUT2D eigenvalue weighted by Gasteiger charge is 2.24. The number of rotatable bonds is 1. The molecule has 3 heteroatoms. The first-order valence-electron chi connectivity index (χ1n) is 6.90. The molecular weight excluding hydrogens is 361 g/mol. The number of benzene rings is 2. The maximum absolute atomic E-state index is 10.1. The molecule has 1 unspecified atom stereocenters. The van der Waals surface area contributed by atoms with Gasteiger partial charge in [-0.15, -0.1) is 0 Å². The van der Waals surface area contributed by atoms with Gasteiger partial charge in [0.25, 0.3) is 0 Å². The van der Waals surface area contributed by atoms with Crippen LogP contribution in [-0.4, -0.2) is 30.1 Å². The van der Waals surface area contributed by atoms with Crippen molar-refractivity contribution in [2.45, 2.75) is 12.3 Å². The van der Waals surface area contributed by atoms with Gasteiger partial charge in [0, 0.05) is 19.0 Å². The Balaban J connectivity index is 2.12. The Morgan fingerprint density at radius 2 is 1.95 bits per heavy atom. The molecule has 1 heterocycles. The molecule has 2 aromatic carbocycles. The summed E-state index contributed by atoms with van der Waals surface area (Å²) in [5.41, 5.74) is 3.96. The van der Waals surface area contributed by atoms with E-state index in [-0.39, 0.29) is 0 Å². The van der Waals surface area contributed by atoms with Crippen molar-refractivity contribution in [3.8, 4) is 5.75 Å². The van der Waals surface area contributed by atoms with Crippen LogP contribution in [0.2, 0.25) is 0 Å². The van der Waals surface area contributed by atoms with Crippen LogP contribution in [0.5, 0.6) is 5.75 Å². The summed E-state index contributed by atoms with van der Waals surface area (Å²) in [6, 6.07) is 14.7. The fraction of sp³-hybridized carbons (Fsp3) is 0.294. The second-order valence-electron chi connectivity index (χ2n) is 5.48. The summed E-state index contributed by atoms with van der Waals surface area (Å²) in [5.74, 6) is 0.733. The lowest BCUT2D eigenvalue weighted by Gasteiger charge is -2.22. The van der Waals surface area contributed by atoms with E-state index in [0.717, 1.165) is 23.1 Å². The van der Waals surface area contributed by atoms with E-state index in [1.165, 1.54) is 16.7 Å². The van der Waals surface area contributed by atoms with Gasteiger partial charge in [0.15, 0.2) is 0 Å². The van der Waals surface area contributed by atoms with E-state index in [0.29, 0.717) is 11.7 Å². The second kappa shape index (κ2) is 5.74. The Labute approximate surface area is 133 Å². The molecule has 0 aromatic heterocycles.